The SMILES string of the molecule is C1=CCC(n2c3c(c4c2CCC=C4)C=CCC3)C=C1. The highest BCUT2D eigenvalue weighted by atomic mass is 15.0. The molecule has 0 fully saturated rings. The van der Waals surface area contributed by atoms with Crippen molar-refractivity contribution in [2.75, 3.05) is 0 Å². The van der Waals surface area contributed by atoms with E-state index in [1.807, 2.05) is 0 Å². The molecule has 1 nitrogen and oxygen atoms in total. The van der Waals surface area contributed by atoms with Crippen LogP contribution in [0, 0.1) is 0 Å². The van der Waals surface area contributed by atoms with Gasteiger partial charge in [0.15, 0.2) is 0 Å². The zero-order chi connectivity index (χ0) is 12.7. The highest BCUT2D eigenvalue weighted by Crippen LogP contribution is 2.37. The third-order valence-corrected chi connectivity index (χ3v) is 4.45. The lowest BCUT2D eigenvalue weighted by molar-refractivity contribution is 0.556. The number of nitrogens with zero attached hydrogens (tertiary/aromatic N) is 1. The van der Waals surface area contributed by atoms with E-state index in [2.05, 4.69) is 53.2 Å². The molecule has 1 unspecified atom stereocenters. The van der Waals surface area contributed by atoms with Gasteiger partial charge in [0.2, 0.25) is 0 Å². The van der Waals surface area contributed by atoms with E-state index in [0.29, 0.717) is 6.04 Å². The lowest BCUT2D eigenvalue weighted by Crippen LogP contribution is -2.15. The molecule has 3 aliphatic carbocycles. The molecule has 3 aliphatic rings. The first kappa shape index (κ1) is 11.1. The Morgan fingerprint density at radius 3 is 2.11 bits per heavy atom. The summed E-state index contributed by atoms with van der Waals surface area (Å²) in [5.41, 5.74) is 6.09. The molecule has 0 bridgehead atoms. The molecule has 1 aromatic rings. The van der Waals surface area contributed by atoms with Crippen molar-refractivity contribution < 1.29 is 0 Å². The molecule has 0 spiro atoms. The van der Waals surface area contributed by atoms with Gasteiger partial charge in [0, 0.05) is 22.5 Å². The van der Waals surface area contributed by atoms with Gasteiger partial charge in [0.05, 0.1) is 6.04 Å². The Hall–Kier alpha value is -1.76. The van der Waals surface area contributed by atoms with Crippen molar-refractivity contribution in [1.29, 1.82) is 0 Å². The number of hydrogen-bond donors (Lipinski definition) is 0. The van der Waals surface area contributed by atoms with Gasteiger partial charge in [-0.25, -0.2) is 0 Å². The predicted octanol–water partition coefficient (Wildman–Crippen LogP) is 4.46. The molecule has 96 valence electrons. The molecular formula is C18H19N. The molecule has 1 heteroatoms. The van der Waals surface area contributed by atoms with Crippen molar-refractivity contribution in [3.63, 3.8) is 0 Å². The summed E-state index contributed by atoms with van der Waals surface area (Å²) in [6, 6.07) is 0.528. The highest BCUT2D eigenvalue weighted by Gasteiger charge is 2.25. The third kappa shape index (κ3) is 1.68. The topological polar surface area (TPSA) is 4.93 Å². The van der Waals surface area contributed by atoms with Crippen molar-refractivity contribution in [2.24, 2.45) is 0 Å². The Labute approximate surface area is 114 Å². The fraction of sp³-hybridized carbons (Fsp3) is 0.333. The van der Waals surface area contributed by atoms with Crippen LogP contribution in [-0.4, -0.2) is 4.57 Å². The van der Waals surface area contributed by atoms with E-state index in [1.54, 1.807) is 11.4 Å². The smallest absolute Gasteiger partial charge is 0.0554 e. The average Bonchev–Trinajstić information content (AvgIpc) is 2.83. The van der Waals surface area contributed by atoms with Crippen LogP contribution in [0.4, 0.5) is 0 Å². The largest absolute Gasteiger partial charge is 0.340 e. The first-order valence-electron chi connectivity index (χ1n) is 7.37. The maximum atomic E-state index is 2.64. The van der Waals surface area contributed by atoms with Gasteiger partial charge < -0.3 is 4.57 Å². The lowest BCUT2D eigenvalue weighted by Gasteiger charge is -2.23. The van der Waals surface area contributed by atoms with Crippen molar-refractivity contribution in [2.45, 2.75) is 38.1 Å². The Morgan fingerprint density at radius 2 is 1.53 bits per heavy atom. The second kappa shape index (κ2) is 4.41. The Balaban J connectivity index is 1.92. The van der Waals surface area contributed by atoms with E-state index in [1.165, 1.54) is 36.8 Å². The van der Waals surface area contributed by atoms with E-state index < -0.39 is 0 Å². The van der Waals surface area contributed by atoms with Crippen LogP contribution in [0.5, 0.6) is 0 Å². The summed E-state index contributed by atoms with van der Waals surface area (Å²) in [5, 5.41) is 0. The molecule has 4 rings (SSSR count). The van der Waals surface area contributed by atoms with E-state index in [0.717, 1.165) is 6.42 Å². The van der Waals surface area contributed by atoms with E-state index in [9.17, 15) is 0 Å². The molecule has 0 saturated heterocycles. The Kier molecular flexibility index (Phi) is 2.58. The van der Waals surface area contributed by atoms with Crippen molar-refractivity contribution in [3.05, 3.63) is 59.0 Å². The van der Waals surface area contributed by atoms with Gasteiger partial charge >= 0.3 is 0 Å². The summed E-state index contributed by atoms with van der Waals surface area (Å²) >= 11 is 0. The van der Waals surface area contributed by atoms with Crippen LogP contribution in [0.15, 0.2) is 36.5 Å². The van der Waals surface area contributed by atoms with Crippen LogP contribution < -0.4 is 0 Å². The number of allylic oxidation sites excluding steroid dienone is 6. The molecular weight excluding hydrogens is 230 g/mol. The Bertz CT molecular complexity index is 583. The normalized spacial score (nSPS) is 23.5. The maximum Gasteiger partial charge on any atom is 0.0554 e. The second-order valence-electron chi connectivity index (χ2n) is 5.59. The van der Waals surface area contributed by atoms with Gasteiger partial charge in [-0.1, -0.05) is 48.6 Å². The Morgan fingerprint density at radius 1 is 0.842 bits per heavy atom. The summed E-state index contributed by atoms with van der Waals surface area (Å²) in [6.07, 6.45) is 24.2. The fourth-order valence-electron chi connectivity index (χ4n) is 3.62. The van der Waals surface area contributed by atoms with Crippen LogP contribution in [0.25, 0.3) is 12.2 Å². The summed E-state index contributed by atoms with van der Waals surface area (Å²) in [6.45, 7) is 0. The molecule has 19 heavy (non-hydrogen) atoms. The zero-order valence-corrected chi connectivity index (χ0v) is 11.2. The van der Waals surface area contributed by atoms with Gasteiger partial charge in [-0.3, -0.25) is 0 Å². The van der Waals surface area contributed by atoms with Gasteiger partial charge in [-0.15, -0.1) is 0 Å². The number of rotatable bonds is 1. The number of hydrogen-bond acceptors (Lipinski definition) is 0. The summed E-state index contributed by atoms with van der Waals surface area (Å²) in [7, 11) is 0. The fourth-order valence-corrected chi connectivity index (χ4v) is 3.62. The third-order valence-electron chi connectivity index (χ3n) is 4.45. The molecule has 1 heterocycles. The van der Waals surface area contributed by atoms with Crippen molar-refractivity contribution in [1.82, 2.24) is 4.57 Å². The van der Waals surface area contributed by atoms with Gasteiger partial charge in [0.25, 0.3) is 0 Å². The minimum atomic E-state index is 0.528. The van der Waals surface area contributed by atoms with Gasteiger partial charge in [0.1, 0.15) is 0 Å². The monoisotopic (exact) mass is 249 g/mol. The molecule has 0 amide bonds. The summed E-state index contributed by atoms with van der Waals surface area (Å²) in [5.74, 6) is 0. The summed E-state index contributed by atoms with van der Waals surface area (Å²) < 4.78 is 2.64. The van der Waals surface area contributed by atoms with Crippen molar-refractivity contribution in [3.8, 4) is 0 Å². The molecule has 0 aliphatic heterocycles. The van der Waals surface area contributed by atoms with Crippen LogP contribution in [0.3, 0.4) is 0 Å². The van der Waals surface area contributed by atoms with Crippen molar-refractivity contribution >= 4 is 12.2 Å². The van der Waals surface area contributed by atoms with Crippen LogP contribution >= 0.6 is 0 Å². The lowest BCUT2D eigenvalue weighted by atomic mass is 9.97. The molecule has 1 aromatic heterocycles. The van der Waals surface area contributed by atoms with Crippen LogP contribution in [0.2, 0.25) is 0 Å². The molecule has 0 radical (unpaired) electrons. The first-order valence-corrected chi connectivity index (χ1v) is 7.37. The summed E-state index contributed by atoms with van der Waals surface area (Å²) in [4.78, 5) is 0. The molecule has 0 saturated carbocycles. The predicted molar refractivity (Wildman–Crippen MR) is 81.1 cm³/mol. The maximum absolute atomic E-state index is 2.64. The molecule has 0 N–H and O–H groups in total. The molecule has 1 atom stereocenters. The highest BCUT2D eigenvalue weighted by molar-refractivity contribution is 5.72. The number of aromatic nitrogens is 1. The second-order valence-corrected chi connectivity index (χ2v) is 5.59. The van der Waals surface area contributed by atoms with E-state index in [4.69, 9.17) is 0 Å². The quantitative estimate of drug-likeness (QED) is 0.692. The van der Waals surface area contributed by atoms with E-state index in [-0.39, 0.29) is 0 Å². The minimum Gasteiger partial charge on any atom is -0.340 e. The van der Waals surface area contributed by atoms with Gasteiger partial charge in [-0.05, 0) is 32.1 Å². The first-order chi connectivity index (χ1) is 9.45. The number of fused-ring (bicyclic) bond motifs is 3. The van der Waals surface area contributed by atoms with Crippen LogP contribution in [-0.2, 0) is 12.8 Å². The van der Waals surface area contributed by atoms with E-state index >= 15 is 0 Å². The molecule has 0 aromatic carbocycles. The zero-order valence-electron chi connectivity index (χ0n) is 11.2. The van der Waals surface area contributed by atoms with Gasteiger partial charge in [-0.2, -0.15) is 0 Å². The average molecular weight is 249 g/mol. The minimum absolute atomic E-state index is 0.528. The van der Waals surface area contributed by atoms with Crippen LogP contribution in [0.1, 0.15) is 47.8 Å². The standard InChI is InChI=1S/C18H19N/c1-2-8-14(9-3-1)19-17-12-6-4-10-15(17)16-11-5-7-13-18(16)19/h1-5,8,10-11,14H,6-7,9,12-13H2.